The van der Waals surface area contributed by atoms with Gasteiger partial charge in [-0.3, -0.25) is 57.5 Å². The number of nitrogens with one attached hydrogen (secondary N) is 3. The first kappa shape index (κ1) is 88.0. The summed E-state index contributed by atoms with van der Waals surface area (Å²) >= 11 is 0. The Balaban J connectivity index is 1.32. The molecule has 12 amide bonds. The van der Waals surface area contributed by atoms with E-state index in [1.54, 1.807) is 46.8 Å². The summed E-state index contributed by atoms with van der Waals surface area (Å²) in [7, 11) is 10.9. The van der Waals surface area contributed by atoms with Crippen molar-refractivity contribution in [2.45, 2.75) is 261 Å². The summed E-state index contributed by atoms with van der Waals surface area (Å²) in [5.41, 5.74) is -1.71. The molecule has 4 aliphatic carbocycles. The van der Waals surface area contributed by atoms with Gasteiger partial charge in [0.15, 0.2) is 0 Å². The van der Waals surface area contributed by atoms with Crippen LogP contribution in [0.1, 0.15) is 176 Å². The minimum absolute atomic E-state index is 0.000308. The van der Waals surface area contributed by atoms with Crippen LogP contribution in [0.25, 0.3) is 0 Å². The van der Waals surface area contributed by atoms with Gasteiger partial charge in [-0.05, 0) is 133 Å². The third kappa shape index (κ3) is 21.3. The molecule has 108 heavy (non-hydrogen) atoms. The van der Waals surface area contributed by atoms with Crippen LogP contribution in [0.4, 0.5) is 35.1 Å². The van der Waals surface area contributed by atoms with Gasteiger partial charge in [-0.2, -0.15) is 26.3 Å². The molecule has 0 radical (unpaired) electrons. The summed E-state index contributed by atoms with van der Waals surface area (Å²) in [6.07, 6.45) is -13.3. The van der Waals surface area contributed by atoms with Gasteiger partial charge >= 0.3 is 12.4 Å². The van der Waals surface area contributed by atoms with E-state index in [9.17, 15) is 55.1 Å². The van der Waals surface area contributed by atoms with Crippen LogP contribution in [0.3, 0.4) is 0 Å². The van der Waals surface area contributed by atoms with Crippen molar-refractivity contribution in [2.75, 3.05) is 89.2 Å². The van der Waals surface area contributed by atoms with Crippen molar-refractivity contribution in [3.05, 3.63) is 12.2 Å². The largest absolute Gasteiger partial charge is 0.397 e. The molecule has 7 aliphatic rings. The maximum atomic E-state index is 15.5. The number of ether oxygens (including phenoxy) is 1. The summed E-state index contributed by atoms with van der Waals surface area (Å²) in [6, 6.07) is -11.4. The molecule has 2 unspecified atom stereocenters. The maximum Gasteiger partial charge on any atom is 0.397 e. The predicted molar refractivity (Wildman–Crippen MR) is 381 cm³/mol. The predicted octanol–water partition coefficient (Wildman–Crippen LogP) is 6.35. The minimum atomic E-state index is -5.22. The summed E-state index contributed by atoms with van der Waals surface area (Å²) in [5, 5.41) is 8.41. The standard InChI is InChI=1S/C75H116F8N12O13/c1-14-43(5)62-70(105)89(9)42-60(98)90(10)53-22-19-18-20-33-94(69(53)104)57(37-45-25-28-48(29-26-45)74(78,79)80)68(103)88(8)41-58(96)84-52(30-27-46-34-50(76)61(51(77)35-46)75(81,82)83)66(101)95-40-49(108-17-4)38-55(95)65(100)86-73(31-21-32-73)72(107)93(13)63(47(15-2)16-3)71(106)92(12)56(67(102)87(6)7)39-59(97)91(11)54(64(99)85-62)36-44-23-24-44/h18-19,43-57,61-63H,14-17,20-42H2,1-13H3,(H,84,96)(H,85,99)(H,86,100)/b19-18-/t43-,45?,46?,48?,49+,50?,51?,52-,53-,54-,55-,56-,57-,61?,62-,63-/m0/s1. The summed E-state index contributed by atoms with van der Waals surface area (Å²) in [5.74, 6) is -16.9. The number of likely N-dealkylation sites (N-methyl/N-ethyl adjacent to an activating group) is 7. The van der Waals surface area contributed by atoms with Gasteiger partial charge in [-0.25, -0.2) is 8.78 Å². The van der Waals surface area contributed by atoms with Crippen LogP contribution in [0.5, 0.6) is 0 Å². The summed E-state index contributed by atoms with van der Waals surface area (Å²) < 4.78 is 121. The Labute approximate surface area is 629 Å². The number of hydrogen-bond acceptors (Lipinski definition) is 13. The van der Waals surface area contributed by atoms with Gasteiger partial charge in [-0.15, -0.1) is 0 Å². The Morgan fingerprint density at radius 1 is 0.620 bits per heavy atom. The van der Waals surface area contributed by atoms with Crippen molar-refractivity contribution in [2.24, 2.45) is 41.4 Å². The molecule has 3 aliphatic heterocycles. The van der Waals surface area contributed by atoms with Gasteiger partial charge < -0.3 is 64.8 Å². The van der Waals surface area contributed by atoms with Crippen molar-refractivity contribution in [3.8, 4) is 0 Å². The zero-order valence-corrected chi connectivity index (χ0v) is 65.0. The molecule has 12 atom stereocenters. The summed E-state index contributed by atoms with van der Waals surface area (Å²) in [4.78, 5) is 191. The van der Waals surface area contributed by atoms with E-state index >= 15 is 37.5 Å². The zero-order chi connectivity index (χ0) is 80.4. The van der Waals surface area contributed by atoms with E-state index in [0.717, 1.165) is 37.3 Å². The lowest BCUT2D eigenvalue weighted by Crippen LogP contribution is -2.68. The number of amides is 12. The van der Waals surface area contributed by atoms with Crippen LogP contribution in [0, 0.1) is 41.4 Å². The molecule has 0 aromatic heterocycles. The van der Waals surface area contributed by atoms with E-state index in [2.05, 4.69) is 16.0 Å². The fourth-order valence-corrected chi connectivity index (χ4v) is 16.7. The normalized spacial score (nSPS) is 31.8. The first-order valence-corrected chi connectivity index (χ1v) is 38.6. The summed E-state index contributed by atoms with van der Waals surface area (Å²) in [6.45, 7) is 6.86. The van der Waals surface area contributed by atoms with Crippen LogP contribution in [-0.4, -0.2) is 289 Å². The van der Waals surface area contributed by atoms with E-state index < -0.39 is 230 Å². The second-order valence-corrected chi connectivity index (χ2v) is 31.7. The van der Waals surface area contributed by atoms with Gasteiger partial charge in [0.1, 0.15) is 72.1 Å². The Morgan fingerprint density at radius 3 is 1.75 bits per heavy atom. The molecule has 3 N–H and O–H groups in total. The van der Waals surface area contributed by atoms with Crippen LogP contribution in [-0.2, 0) is 62.3 Å². The van der Waals surface area contributed by atoms with E-state index in [0.29, 0.717) is 25.7 Å². The Kier molecular flexibility index (Phi) is 30.7. The Morgan fingerprint density at radius 2 is 1.21 bits per heavy atom. The molecule has 0 aromatic carbocycles. The first-order chi connectivity index (χ1) is 50.6. The molecule has 25 nitrogen and oxygen atoms in total. The SMILES string of the molecule is CCO[C@@H]1C[C@H]2C(=O)NC3(CCC3)C(=O)N(C)[C@@H](C(CC)CC)C(=O)N(C)[C@H](C(=O)N(C)C)CC(=O)N(C)[C@@H](CC3CC3)C(=O)N[C@@H]([C@@H](C)CC)C(=O)N(C)CC(=O)N(C)[C@H]3C/C=C\CCN(C3=O)[C@@H](CC3CCC(C(F)(F)F)CC3)C(=O)N(C)CC(=O)N[C@@H](CCC3CC(F)C(C(F)(F)F)C(F)C3)C(=O)N2C1. The van der Waals surface area contributed by atoms with E-state index in [1.165, 1.54) is 76.0 Å². The van der Waals surface area contributed by atoms with Crippen molar-refractivity contribution in [3.63, 3.8) is 0 Å². The highest BCUT2D eigenvalue weighted by Crippen LogP contribution is 2.46. The van der Waals surface area contributed by atoms with Gasteiger partial charge in [0.05, 0.1) is 31.5 Å². The number of alkyl halides is 8. The number of carbonyl (C=O) groups is 12. The number of halogens is 8. The third-order valence-corrected chi connectivity index (χ3v) is 24.1. The number of rotatable bonds is 15. The molecule has 4 saturated carbocycles. The first-order valence-electron chi connectivity index (χ1n) is 38.6. The van der Waals surface area contributed by atoms with Gasteiger partial charge in [0.25, 0.3) is 0 Å². The highest BCUT2D eigenvalue weighted by Gasteiger charge is 2.56. The van der Waals surface area contributed by atoms with Gasteiger partial charge in [-0.1, -0.05) is 72.0 Å². The number of hydrogen-bond donors (Lipinski definition) is 3. The van der Waals surface area contributed by atoms with Crippen molar-refractivity contribution in [1.82, 2.24) is 60.0 Å². The van der Waals surface area contributed by atoms with Crippen molar-refractivity contribution < 1.29 is 97.4 Å². The monoisotopic (exact) mass is 1540 g/mol. The molecule has 3 heterocycles. The number of nitrogens with zero attached hydrogens (tertiary/aromatic N) is 9. The van der Waals surface area contributed by atoms with Gasteiger partial charge in [0.2, 0.25) is 70.9 Å². The lowest BCUT2D eigenvalue weighted by atomic mass is 9.74. The highest BCUT2D eigenvalue weighted by atomic mass is 19.4. The molecule has 2 saturated heterocycles. The van der Waals surface area contributed by atoms with Crippen molar-refractivity contribution in [1.29, 1.82) is 0 Å². The lowest BCUT2D eigenvalue weighted by molar-refractivity contribution is -0.219. The highest BCUT2D eigenvalue weighted by molar-refractivity contribution is 6.01. The van der Waals surface area contributed by atoms with E-state index in [4.69, 9.17) is 4.74 Å². The second-order valence-electron chi connectivity index (χ2n) is 31.7. The number of fused-ring (bicyclic) bond motifs is 3. The van der Waals surface area contributed by atoms with E-state index in [1.807, 2.05) is 0 Å². The molecule has 2 bridgehead atoms. The zero-order valence-electron chi connectivity index (χ0n) is 65.0. The molecule has 6 fully saturated rings. The van der Waals surface area contributed by atoms with Crippen LogP contribution < -0.4 is 16.0 Å². The van der Waals surface area contributed by atoms with Crippen LogP contribution in [0.15, 0.2) is 12.2 Å². The Hall–Kier alpha value is -7.22. The van der Waals surface area contributed by atoms with Gasteiger partial charge in [0, 0.05) is 82.5 Å². The second kappa shape index (κ2) is 37.7. The van der Waals surface area contributed by atoms with Crippen LogP contribution in [0.2, 0.25) is 0 Å². The number of carbonyl (C=O) groups excluding carboxylic acids is 12. The molecular formula is C75H116F8N12O13. The molecular weight excluding hydrogens is 1430 g/mol. The lowest BCUT2D eigenvalue weighted by Gasteiger charge is -2.47. The smallest absolute Gasteiger partial charge is 0.377 e. The quantitative estimate of drug-likeness (QED) is 0.119. The average Bonchev–Trinajstić information content (AvgIpc) is 1.28. The molecule has 33 heteroatoms. The van der Waals surface area contributed by atoms with Crippen LogP contribution >= 0.6 is 0 Å². The maximum absolute atomic E-state index is 15.5. The Bertz CT molecular complexity index is 3230. The third-order valence-electron chi connectivity index (χ3n) is 24.1. The average molecular weight is 1550 g/mol. The van der Waals surface area contributed by atoms with Crippen molar-refractivity contribution >= 4 is 70.9 Å². The fourth-order valence-electron chi connectivity index (χ4n) is 16.7. The molecule has 1 spiro atoms. The van der Waals surface area contributed by atoms with E-state index in [-0.39, 0.29) is 103 Å². The topological polar surface area (TPSA) is 279 Å². The molecule has 7 rings (SSSR count). The minimum Gasteiger partial charge on any atom is -0.377 e. The fraction of sp³-hybridized carbons (Fsp3) is 0.813. The molecule has 610 valence electrons. The molecule has 0 aromatic rings.